The molecule has 0 bridgehead atoms. The number of nitrogens with one attached hydrogen (secondary N) is 2. The van der Waals surface area contributed by atoms with Crippen molar-refractivity contribution in [1.82, 2.24) is 20.2 Å². The van der Waals surface area contributed by atoms with Gasteiger partial charge in [0.25, 0.3) is 5.56 Å². The van der Waals surface area contributed by atoms with Gasteiger partial charge >= 0.3 is 0 Å². The molecule has 0 radical (unpaired) electrons. The Balaban J connectivity index is 1.76. The molecule has 0 aliphatic rings. The van der Waals surface area contributed by atoms with Crippen LogP contribution in [0.5, 0.6) is 0 Å². The van der Waals surface area contributed by atoms with E-state index in [1.165, 1.54) is 23.1 Å². The fourth-order valence-corrected chi connectivity index (χ4v) is 3.94. The summed E-state index contributed by atoms with van der Waals surface area (Å²) >= 11 is 2.61. The van der Waals surface area contributed by atoms with Gasteiger partial charge in [-0.1, -0.05) is 56.0 Å². The highest BCUT2D eigenvalue weighted by Crippen LogP contribution is 2.26. The SMILES string of the molecule is CCC(Sc1nc2ccccc2c(=O)[nH]1)C(=O)Nc1nnc(C(C)C)s1. The van der Waals surface area contributed by atoms with Crippen molar-refractivity contribution in [2.75, 3.05) is 5.32 Å². The van der Waals surface area contributed by atoms with Gasteiger partial charge in [0.15, 0.2) is 5.16 Å². The number of amides is 1. The van der Waals surface area contributed by atoms with Crippen LogP contribution >= 0.6 is 23.1 Å². The van der Waals surface area contributed by atoms with Gasteiger partial charge in [-0.3, -0.25) is 14.9 Å². The zero-order valence-electron chi connectivity index (χ0n) is 14.6. The molecule has 2 aromatic heterocycles. The number of thioether (sulfide) groups is 1. The van der Waals surface area contributed by atoms with Crippen molar-refractivity contribution in [2.45, 2.75) is 43.5 Å². The van der Waals surface area contributed by atoms with Crippen molar-refractivity contribution in [1.29, 1.82) is 0 Å². The molecule has 2 N–H and O–H groups in total. The van der Waals surface area contributed by atoms with Gasteiger partial charge in [-0.05, 0) is 18.6 Å². The predicted octanol–water partition coefficient (Wildman–Crippen LogP) is 3.41. The van der Waals surface area contributed by atoms with Crippen molar-refractivity contribution in [2.24, 2.45) is 0 Å². The van der Waals surface area contributed by atoms with Crippen LogP contribution in [0, 0.1) is 0 Å². The van der Waals surface area contributed by atoms with Gasteiger partial charge in [0, 0.05) is 5.92 Å². The van der Waals surface area contributed by atoms with E-state index in [0.717, 1.165) is 5.01 Å². The van der Waals surface area contributed by atoms with E-state index in [0.29, 0.717) is 27.6 Å². The lowest BCUT2D eigenvalue weighted by Crippen LogP contribution is -2.25. The first-order valence-electron chi connectivity index (χ1n) is 8.28. The first-order chi connectivity index (χ1) is 12.5. The van der Waals surface area contributed by atoms with E-state index in [4.69, 9.17) is 0 Å². The maximum atomic E-state index is 12.6. The number of hydrogen-bond donors (Lipinski definition) is 2. The fraction of sp³-hybridized carbons (Fsp3) is 0.353. The number of aromatic amines is 1. The average molecular weight is 390 g/mol. The molecule has 1 atom stereocenters. The normalized spacial score (nSPS) is 12.5. The molecule has 0 saturated heterocycles. The van der Waals surface area contributed by atoms with Crippen LogP contribution in [0.25, 0.3) is 10.9 Å². The molecule has 0 aliphatic carbocycles. The molecule has 2 heterocycles. The maximum absolute atomic E-state index is 12.6. The summed E-state index contributed by atoms with van der Waals surface area (Å²) in [6.45, 7) is 5.97. The molecule has 136 valence electrons. The van der Waals surface area contributed by atoms with E-state index in [1.54, 1.807) is 18.2 Å². The Morgan fingerprint density at radius 3 is 2.77 bits per heavy atom. The Labute approximate surface area is 158 Å². The molecule has 3 rings (SSSR count). The van der Waals surface area contributed by atoms with Crippen LogP contribution in [0.2, 0.25) is 0 Å². The summed E-state index contributed by atoms with van der Waals surface area (Å²) in [6, 6.07) is 7.13. The molecule has 1 amide bonds. The van der Waals surface area contributed by atoms with E-state index in [-0.39, 0.29) is 17.4 Å². The van der Waals surface area contributed by atoms with Gasteiger partial charge < -0.3 is 4.98 Å². The topological polar surface area (TPSA) is 101 Å². The second-order valence-electron chi connectivity index (χ2n) is 5.99. The lowest BCUT2D eigenvalue weighted by Gasteiger charge is -2.12. The lowest BCUT2D eigenvalue weighted by molar-refractivity contribution is -0.115. The third kappa shape index (κ3) is 4.10. The van der Waals surface area contributed by atoms with Gasteiger partial charge in [0.1, 0.15) is 5.01 Å². The second-order valence-corrected chi connectivity index (χ2v) is 8.19. The maximum Gasteiger partial charge on any atom is 0.259 e. The number of benzene rings is 1. The number of hydrogen-bond acceptors (Lipinski definition) is 7. The number of nitrogens with zero attached hydrogens (tertiary/aromatic N) is 3. The first-order valence-corrected chi connectivity index (χ1v) is 9.97. The minimum atomic E-state index is -0.397. The summed E-state index contributed by atoms with van der Waals surface area (Å²) in [5.41, 5.74) is 0.402. The monoisotopic (exact) mass is 389 g/mol. The second kappa shape index (κ2) is 7.96. The Morgan fingerprint density at radius 2 is 2.08 bits per heavy atom. The number of carbonyl (C=O) groups is 1. The Hall–Kier alpha value is -2.26. The third-order valence-corrected chi connectivity index (χ3v) is 6.06. The molecular formula is C17H19N5O2S2. The standard InChI is InChI=1S/C17H19N5O2S2/c1-4-12(14(24)20-17-22-21-15(26-17)9(2)3)25-16-18-11-8-6-5-7-10(11)13(23)19-16/h5-9,12H,4H2,1-3H3,(H,18,19,23)(H,20,22,24). The van der Waals surface area contributed by atoms with E-state index in [2.05, 4.69) is 25.5 Å². The van der Waals surface area contributed by atoms with Crippen LogP contribution in [0.15, 0.2) is 34.2 Å². The molecule has 3 aromatic rings. The molecule has 0 saturated carbocycles. The van der Waals surface area contributed by atoms with Crippen LogP contribution in [0.1, 0.15) is 38.1 Å². The van der Waals surface area contributed by atoms with Gasteiger partial charge in [-0.2, -0.15) is 0 Å². The third-order valence-electron chi connectivity index (χ3n) is 3.67. The molecule has 1 aromatic carbocycles. The minimum Gasteiger partial charge on any atom is -0.301 e. The quantitative estimate of drug-likeness (QED) is 0.495. The largest absolute Gasteiger partial charge is 0.301 e. The summed E-state index contributed by atoms with van der Waals surface area (Å²) in [7, 11) is 0. The van der Waals surface area contributed by atoms with Gasteiger partial charge in [-0.25, -0.2) is 4.98 Å². The molecule has 0 spiro atoms. The van der Waals surface area contributed by atoms with Gasteiger partial charge in [0.2, 0.25) is 11.0 Å². The number of rotatable bonds is 6. The van der Waals surface area contributed by atoms with Crippen molar-refractivity contribution in [3.05, 3.63) is 39.6 Å². The van der Waals surface area contributed by atoms with Gasteiger partial charge in [-0.15, -0.1) is 10.2 Å². The highest BCUT2D eigenvalue weighted by Gasteiger charge is 2.21. The van der Waals surface area contributed by atoms with E-state index in [9.17, 15) is 9.59 Å². The summed E-state index contributed by atoms with van der Waals surface area (Å²) in [5, 5.41) is 12.8. The average Bonchev–Trinajstić information content (AvgIpc) is 3.08. The van der Waals surface area contributed by atoms with Crippen molar-refractivity contribution >= 4 is 45.0 Å². The fourth-order valence-electron chi connectivity index (χ4n) is 2.28. The summed E-state index contributed by atoms with van der Waals surface area (Å²) < 4.78 is 0. The van der Waals surface area contributed by atoms with E-state index in [1.807, 2.05) is 26.8 Å². The van der Waals surface area contributed by atoms with Crippen molar-refractivity contribution < 1.29 is 4.79 Å². The van der Waals surface area contributed by atoms with E-state index < -0.39 is 5.25 Å². The number of anilines is 1. The molecule has 7 nitrogen and oxygen atoms in total. The Morgan fingerprint density at radius 1 is 1.31 bits per heavy atom. The minimum absolute atomic E-state index is 0.181. The Bertz CT molecular complexity index is 982. The smallest absolute Gasteiger partial charge is 0.259 e. The van der Waals surface area contributed by atoms with Crippen LogP contribution in [0.3, 0.4) is 0 Å². The predicted molar refractivity (Wildman–Crippen MR) is 105 cm³/mol. The van der Waals surface area contributed by atoms with Crippen LogP contribution in [0.4, 0.5) is 5.13 Å². The molecule has 26 heavy (non-hydrogen) atoms. The number of aromatic nitrogens is 4. The zero-order chi connectivity index (χ0) is 18.7. The zero-order valence-corrected chi connectivity index (χ0v) is 16.3. The molecule has 9 heteroatoms. The Kier molecular flexibility index (Phi) is 5.67. The number of para-hydroxylation sites is 1. The molecule has 0 aliphatic heterocycles. The number of fused-ring (bicyclic) bond motifs is 1. The van der Waals surface area contributed by atoms with Crippen LogP contribution < -0.4 is 10.9 Å². The summed E-state index contributed by atoms with van der Waals surface area (Å²) in [6.07, 6.45) is 0.586. The highest BCUT2D eigenvalue weighted by molar-refractivity contribution is 8.00. The number of carbonyl (C=O) groups excluding carboxylic acids is 1. The summed E-state index contributed by atoms with van der Waals surface area (Å²) in [4.78, 5) is 31.9. The highest BCUT2D eigenvalue weighted by atomic mass is 32.2. The molecule has 0 fully saturated rings. The van der Waals surface area contributed by atoms with Crippen molar-refractivity contribution in [3.8, 4) is 0 Å². The van der Waals surface area contributed by atoms with Crippen LogP contribution in [-0.2, 0) is 4.79 Å². The molecular weight excluding hydrogens is 370 g/mol. The van der Waals surface area contributed by atoms with Gasteiger partial charge in [0.05, 0.1) is 16.2 Å². The lowest BCUT2D eigenvalue weighted by atomic mass is 10.2. The summed E-state index contributed by atoms with van der Waals surface area (Å²) in [5.74, 6) is 0.0844. The first kappa shape index (κ1) is 18.5. The molecule has 1 unspecified atom stereocenters. The van der Waals surface area contributed by atoms with Crippen molar-refractivity contribution in [3.63, 3.8) is 0 Å². The van der Waals surface area contributed by atoms with E-state index >= 15 is 0 Å². The van der Waals surface area contributed by atoms with Crippen LogP contribution in [-0.4, -0.2) is 31.3 Å². The number of H-pyrrole nitrogens is 1.